The maximum absolute atomic E-state index is 11.4. The van der Waals surface area contributed by atoms with Crippen molar-refractivity contribution in [3.8, 4) is 0 Å². The highest BCUT2D eigenvalue weighted by Gasteiger charge is 2.33. The van der Waals surface area contributed by atoms with E-state index >= 15 is 0 Å². The van der Waals surface area contributed by atoms with Gasteiger partial charge in [-0.15, -0.1) is 0 Å². The van der Waals surface area contributed by atoms with Gasteiger partial charge in [0, 0.05) is 18.4 Å². The van der Waals surface area contributed by atoms with Crippen LogP contribution in [-0.2, 0) is 17.8 Å². The molecule has 102 valence electrons. The standard InChI is InChI=1S/C15H20N2O2/c1-4-15(3,14(18)19)10-12-11-8-6-7-9-13(11)17(5-2)16-12/h6-9H,4-5,10H2,1-3H3,(H,18,19). The maximum Gasteiger partial charge on any atom is 0.309 e. The molecular formula is C15H20N2O2. The van der Waals surface area contributed by atoms with Gasteiger partial charge in [0.2, 0.25) is 0 Å². The molecule has 0 spiro atoms. The summed E-state index contributed by atoms with van der Waals surface area (Å²) in [6, 6.07) is 7.99. The Hall–Kier alpha value is -1.84. The third kappa shape index (κ3) is 2.35. The van der Waals surface area contributed by atoms with E-state index < -0.39 is 11.4 Å². The number of aliphatic carboxylic acids is 1. The number of benzene rings is 1. The Morgan fingerprint density at radius 3 is 2.63 bits per heavy atom. The Bertz CT molecular complexity index is 603. The van der Waals surface area contributed by atoms with Crippen molar-refractivity contribution < 1.29 is 9.90 Å². The lowest BCUT2D eigenvalue weighted by molar-refractivity contribution is -0.148. The molecule has 2 aromatic rings. The maximum atomic E-state index is 11.4. The van der Waals surface area contributed by atoms with Crippen molar-refractivity contribution >= 4 is 16.9 Å². The second-order valence-electron chi connectivity index (χ2n) is 5.18. The lowest BCUT2D eigenvalue weighted by Crippen LogP contribution is -2.29. The highest BCUT2D eigenvalue weighted by molar-refractivity contribution is 5.83. The average Bonchev–Trinajstić information content (AvgIpc) is 2.76. The van der Waals surface area contributed by atoms with Crippen molar-refractivity contribution in [1.29, 1.82) is 0 Å². The van der Waals surface area contributed by atoms with Gasteiger partial charge in [-0.05, 0) is 26.3 Å². The molecule has 1 N–H and O–H groups in total. The fourth-order valence-corrected chi connectivity index (χ4v) is 2.29. The van der Waals surface area contributed by atoms with Crippen LogP contribution in [0.15, 0.2) is 24.3 Å². The zero-order valence-electron chi connectivity index (χ0n) is 11.7. The van der Waals surface area contributed by atoms with E-state index in [0.717, 1.165) is 23.1 Å². The lowest BCUT2D eigenvalue weighted by Gasteiger charge is -2.21. The molecule has 1 unspecified atom stereocenters. The van der Waals surface area contributed by atoms with Crippen molar-refractivity contribution in [2.24, 2.45) is 5.41 Å². The molecule has 0 saturated carbocycles. The van der Waals surface area contributed by atoms with Gasteiger partial charge in [0.15, 0.2) is 0 Å². The number of carbonyl (C=O) groups is 1. The highest BCUT2D eigenvalue weighted by atomic mass is 16.4. The molecule has 0 bridgehead atoms. The molecule has 0 aliphatic carbocycles. The van der Waals surface area contributed by atoms with Gasteiger partial charge >= 0.3 is 5.97 Å². The Morgan fingerprint density at radius 2 is 2.05 bits per heavy atom. The SMILES string of the molecule is CCn1nc(CC(C)(CC)C(=O)O)c2ccccc21. The van der Waals surface area contributed by atoms with E-state index in [4.69, 9.17) is 0 Å². The Labute approximate surface area is 113 Å². The molecule has 0 aliphatic rings. The molecule has 0 saturated heterocycles. The van der Waals surface area contributed by atoms with E-state index in [9.17, 15) is 9.90 Å². The summed E-state index contributed by atoms with van der Waals surface area (Å²) in [5, 5.41) is 15.0. The molecule has 2 rings (SSSR count). The van der Waals surface area contributed by atoms with Crippen molar-refractivity contribution in [2.75, 3.05) is 0 Å². The van der Waals surface area contributed by atoms with Crippen LogP contribution in [0.1, 0.15) is 32.9 Å². The molecule has 4 nitrogen and oxygen atoms in total. The van der Waals surface area contributed by atoms with Crippen molar-refractivity contribution in [3.05, 3.63) is 30.0 Å². The zero-order valence-corrected chi connectivity index (χ0v) is 11.7. The number of para-hydroxylation sites is 1. The summed E-state index contributed by atoms with van der Waals surface area (Å²) in [4.78, 5) is 11.4. The molecule has 1 aromatic carbocycles. The summed E-state index contributed by atoms with van der Waals surface area (Å²) in [6.07, 6.45) is 1.06. The number of hydrogen-bond acceptors (Lipinski definition) is 2. The zero-order chi connectivity index (χ0) is 14.0. The van der Waals surface area contributed by atoms with Crippen molar-refractivity contribution in [1.82, 2.24) is 9.78 Å². The van der Waals surface area contributed by atoms with Crippen LogP contribution in [0.2, 0.25) is 0 Å². The highest BCUT2D eigenvalue weighted by Crippen LogP contribution is 2.30. The fraction of sp³-hybridized carbons (Fsp3) is 0.467. The van der Waals surface area contributed by atoms with Gasteiger partial charge in [0.25, 0.3) is 0 Å². The van der Waals surface area contributed by atoms with Gasteiger partial charge in [0.1, 0.15) is 0 Å². The Morgan fingerprint density at radius 1 is 1.37 bits per heavy atom. The number of rotatable bonds is 5. The first-order chi connectivity index (χ1) is 9.01. The van der Waals surface area contributed by atoms with Gasteiger partial charge in [-0.2, -0.15) is 5.10 Å². The summed E-state index contributed by atoms with van der Waals surface area (Å²) in [5.74, 6) is -0.759. The van der Waals surface area contributed by atoms with Gasteiger partial charge in [-0.25, -0.2) is 0 Å². The topological polar surface area (TPSA) is 55.1 Å². The van der Waals surface area contributed by atoms with E-state index in [2.05, 4.69) is 5.10 Å². The largest absolute Gasteiger partial charge is 0.481 e. The molecule has 4 heteroatoms. The predicted molar refractivity (Wildman–Crippen MR) is 75.1 cm³/mol. The van der Waals surface area contributed by atoms with Crippen molar-refractivity contribution in [2.45, 2.75) is 40.2 Å². The Kier molecular flexibility index (Phi) is 3.60. The molecular weight excluding hydrogens is 240 g/mol. The first-order valence-electron chi connectivity index (χ1n) is 6.69. The number of aryl methyl sites for hydroxylation is 1. The number of carboxylic acid groups (broad SMARTS) is 1. The monoisotopic (exact) mass is 260 g/mol. The number of hydrogen-bond donors (Lipinski definition) is 1. The summed E-state index contributed by atoms with van der Waals surface area (Å²) in [5.41, 5.74) is 1.20. The van der Waals surface area contributed by atoms with E-state index in [0.29, 0.717) is 12.8 Å². The van der Waals surface area contributed by atoms with Crippen LogP contribution < -0.4 is 0 Å². The van der Waals surface area contributed by atoms with Crippen LogP contribution in [0, 0.1) is 5.41 Å². The van der Waals surface area contributed by atoms with E-state index in [1.54, 1.807) is 6.92 Å². The van der Waals surface area contributed by atoms with E-state index in [1.807, 2.05) is 42.8 Å². The van der Waals surface area contributed by atoms with E-state index in [1.165, 1.54) is 0 Å². The molecule has 1 aromatic heterocycles. The third-order valence-corrected chi connectivity index (χ3v) is 3.89. The second kappa shape index (κ2) is 5.03. The summed E-state index contributed by atoms with van der Waals surface area (Å²) >= 11 is 0. The van der Waals surface area contributed by atoms with Crippen LogP contribution in [0.4, 0.5) is 0 Å². The minimum atomic E-state index is -0.759. The summed E-state index contributed by atoms with van der Waals surface area (Å²) in [6.45, 7) is 6.53. The Balaban J connectivity index is 2.49. The molecule has 0 fully saturated rings. The summed E-state index contributed by atoms with van der Waals surface area (Å²) in [7, 11) is 0. The quantitative estimate of drug-likeness (QED) is 0.898. The normalized spacial score (nSPS) is 14.5. The molecule has 0 amide bonds. The first kappa shape index (κ1) is 13.6. The molecule has 19 heavy (non-hydrogen) atoms. The van der Waals surface area contributed by atoms with Gasteiger partial charge < -0.3 is 5.11 Å². The van der Waals surface area contributed by atoms with Crippen molar-refractivity contribution in [3.63, 3.8) is 0 Å². The second-order valence-corrected chi connectivity index (χ2v) is 5.18. The van der Waals surface area contributed by atoms with Crippen LogP contribution in [0.25, 0.3) is 10.9 Å². The van der Waals surface area contributed by atoms with Gasteiger partial charge in [0.05, 0.1) is 16.6 Å². The van der Waals surface area contributed by atoms with Gasteiger partial charge in [-0.3, -0.25) is 9.48 Å². The number of aromatic nitrogens is 2. The van der Waals surface area contributed by atoms with Crippen LogP contribution in [-0.4, -0.2) is 20.9 Å². The fourth-order valence-electron chi connectivity index (χ4n) is 2.29. The lowest BCUT2D eigenvalue weighted by atomic mass is 9.82. The predicted octanol–water partition coefficient (Wildman–Crippen LogP) is 3.10. The minimum absolute atomic E-state index is 0.465. The smallest absolute Gasteiger partial charge is 0.309 e. The summed E-state index contributed by atoms with van der Waals surface area (Å²) < 4.78 is 1.93. The molecule has 1 heterocycles. The number of fused-ring (bicyclic) bond motifs is 1. The molecule has 1 atom stereocenters. The minimum Gasteiger partial charge on any atom is -0.481 e. The number of carboxylic acids is 1. The molecule has 0 aliphatic heterocycles. The molecule has 0 radical (unpaired) electrons. The van der Waals surface area contributed by atoms with Crippen LogP contribution >= 0.6 is 0 Å². The van der Waals surface area contributed by atoms with E-state index in [-0.39, 0.29) is 0 Å². The van der Waals surface area contributed by atoms with Gasteiger partial charge in [-0.1, -0.05) is 25.1 Å². The van der Waals surface area contributed by atoms with Crippen LogP contribution in [0.3, 0.4) is 0 Å². The number of nitrogens with zero attached hydrogens (tertiary/aromatic N) is 2. The average molecular weight is 260 g/mol. The van der Waals surface area contributed by atoms with Crippen LogP contribution in [0.5, 0.6) is 0 Å². The first-order valence-corrected chi connectivity index (χ1v) is 6.69. The third-order valence-electron chi connectivity index (χ3n) is 3.89.